The van der Waals surface area contributed by atoms with E-state index in [0.717, 1.165) is 71.8 Å². The zero-order chi connectivity index (χ0) is 39.5. The van der Waals surface area contributed by atoms with Crippen LogP contribution < -0.4 is 15.1 Å². The van der Waals surface area contributed by atoms with Crippen LogP contribution in [0.5, 0.6) is 11.5 Å². The summed E-state index contributed by atoms with van der Waals surface area (Å²) in [7, 11) is 3.79. The van der Waals surface area contributed by atoms with Gasteiger partial charge in [-0.25, -0.2) is 9.67 Å². The number of fused-ring (bicyclic) bond motifs is 1. The lowest BCUT2D eigenvalue weighted by molar-refractivity contribution is -0.0454. The lowest BCUT2D eigenvalue weighted by Crippen LogP contribution is -2.43. The van der Waals surface area contributed by atoms with E-state index in [2.05, 4.69) is 43.9 Å². The van der Waals surface area contributed by atoms with Crippen molar-refractivity contribution in [1.82, 2.24) is 34.1 Å². The van der Waals surface area contributed by atoms with Crippen molar-refractivity contribution in [3.8, 4) is 28.6 Å². The van der Waals surface area contributed by atoms with Crippen molar-refractivity contribution < 1.29 is 28.8 Å². The van der Waals surface area contributed by atoms with Crippen molar-refractivity contribution in [3.05, 3.63) is 119 Å². The Labute approximate surface area is 330 Å². The van der Waals surface area contributed by atoms with Crippen molar-refractivity contribution >= 4 is 16.9 Å². The fraction of sp³-hybridized carbons (Fsp3) is 0.349. The van der Waals surface area contributed by atoms with Gasteiger partial charge >= 0.3 is 0 Å². The van der Waals surface area contributed by atoms with Crippen LogP contribution in [-0.4, -0.2) is 104 Å². The highest BCUT2D eigenvalue weighted by Gasteiger charge is 2.27. The molecule has 57 heavy (non-hydrogen) atoms. The van der Waals surface area contributed by atoms with Gasteiger partial charge in [0, 0.05) is 56.2 Å². The van der Waals surface area contributed by atoms with Crippen molar-refractivity contribution in [2.75, 3.05) is 53.6 Å². The van der Waals surface area contributed by atoms with Crippen molar-refractivity contribution in [2.45, 2.75) is 45.4 Å². The molecule has 2 N–H and O–H groups in total. The van der Waals surface area contributed by atoms with Gasteiger partial charge in [-0.05, 0) is 80.6 Å². The fourth-order valence-electron chi connectivity index (χ4n) is 7.18. The van der Waals surface area contributed by atoms with E-state index in [1.165, 1.54) is 0 Å². The highest BCUT2D eigenvalue weighted by molar-refractivity contribution is 5.95. The van der Waals surface area contributed by atoms with Crippen molar-refractivity contribution in [2.24, 2.45) is 4.99 Å². The summed E-state index contributed by atoms with van der Waals surface area (Å²) in [6, 6.07) is 24.9. The molecule has 2 saturated heterocycles. The number of imidazole rings is 1. The molecule has 3 aromatic carbocycles. The lowest BCUT2D eigenvalue weighted by atomic mass is 10.0. The Morgan fingerprint density at radius 3 is 2.51 bits per heavy atom. The number of aliphatic hydroxyl groups is 1. The van der Waals surface area contributed by atoms with Crippen molar-refractivity contribution in [1.29, 1.82) is 0 Å². The monoisotopic (exact) mass is 772 g/mol. The SMILES string of the molecule is COc1ccc(COc2cccc(-c3ccn(-c4cc(C(=O)/N=c5\[nH]c6ccc(CN7CCN(C)CC7)cc6n5CC(C)(C)O)ccn4)n3)c2C2OCCO2)cc1. The molecule has 0 radical (unpaired) electrons. The van der Waals surface area contributed by atoms with Crippen LogP contribution in [0.25, 0.3) is 28.1 Å². The maximum atomic E-state index is 13.8. The molecule has 2 aliphatic rings. The summed E-state index contributed by atoms with van der Waals surface area (Å²) in [5.41, 5.74) is 5.67. The molecule has 0 spiro atoms. The number of hydrogen-bond acceptors (Lipinski definition) is 10. The van der Waals surface area contributed by atoms with Gasteiger partial charge in [0.1, 0.15) is 18.1 Å². The van der Waals surface area contributed by atoms with Crippen LogP contribution in [0.15, 0.2) is 96.2 Å². The average molecular weight is 773 g/mol. The zero-order valence-electron chi connectivity index (χ0n) is 32.7. The predicted octanol–water partition coefficient (Wildman–Crippen LogP) is 5.11. The van der Waals surface area contributed by atoms with Crippen LogP contribution in [0.4, 0.5) is 0 Å². The van der Waals surface area contributed by atoms with Crippen LogP contribution in [0.3, 0.4) is 0 Å². The summed E-state index contributed by atoms with van der Waals surface area (Å²) in [4.78, 5) is 31.0. The molecule has 14 heteroatoms. The number of H-pyrrole nitrogens is 1. The van der Waals surface area contributed by atoms with Crippen molar-refractivity contribution in [3.63, 3.8) is 0 Å². The summed E-state index contributed by atoms with van der Waals surface area (Å²) in [5, 5.41) is 15.8. The van der Waals surface area contributed by atoms with Crippen LogP contribution in [0, 0.1) is 0 Å². The molecule has 6 aromatic rings. The van der Waals surface area contributed by atoms with E-state index in [-0.39, 0.29) is 6.54 Å². The van der Waals surface area contributed by atoms with E-state index >= 15 is 0 Å². The standard InChI is InChI=1S/C43H48N8O6/c1-43(2,53)28-50-36-24-30(26-49-20-18-48(3)19-21-49)10-13-35(36)45-42(50)46-40(52)31-14-16-44-38(25-31)51-17-15-34(47-51)33-6-5-7-37(39(33)41-55-22-23-56-41)57-27-29-8-11-32(54-4)12-9-29/h5-17,24-25,41,53H,18-23,26-28H2,1-4H3,(H,45,46,52). The molecule has 0 unspecified atom stereocenters. The molecule has 0 aliphatic carbocycles. The maximum absolute atomic E-state index is 13.8. The third kappa shape index (κ3) is 8.85. The Bertz CT molecular complexity index is 2410. The average Bonchev–Trinajstić information content (AvgIpc) is 4.00. The normalized spacial score (nSPS) is 16.1. The number of ether oxygens (including phenoxy) is 4. The highest BCUT2D eigenvalue weighted by atomic mass is 16.7. The number of carbonyl (C=O) groups excluding carboxylic acids is 1. The third-order valence-electron chi connectivity index (χ3n) is 10.2. The van der Waals surface area contributed by atoms with E-state index in [0.29, 0.717) is 48.3 Å². The summed E-state index contributed by atoms with van der Waals surface area (Å²) < 4.78 is 27.1. The number of hydrogen-bond donors (Lipinski definition) is 2. The number of pyridine rings is 1. The molecule has 0 atom stereocenters. The molecule has 296 valence electrons. The molecule has 0 bridgehead atoms. The molecular weight excluding hydrogens is 725 g/mol. The number of nitrogens with one attached hydrogen (secondary N) is 1. The first-order chi connectivity index (χ1) is 27.6. The molecule has 3 aromatic heterocycles. The summed E-state index contributed by atoms with van der Waals surface area (Å²) >= 11 is 0. The third-order valence-corrected chi connectivity index (χ3v) is 10.2. The first-order valence-corrected chi connectivity index (χ1v) is 19.2. The Morgan fingerprint density at radius 1 is 0.982 bits per heavy atom. The Hall–Kier alpha value is -5.64. The lowest BCUT2D eigenvalue weighted by Gasteiger charge is -2.32. The van der Waals surface area contributed by atoms with Gasteiger partial charge in [0.2, 0.25) is 5.62 Å². The summed E-state index contributed by atoms with van der Waals surface area (Å²) in [5.74, 6) is 1.39. The number of carbonyl (C=O) groups is 1. The van der Waals surface area contributed by atoms with Gasteiger partial charge in [0.05, 0.1) is 54.8 Å². The molecule has 0 saturated carbocycles. The number of methoxy groups -OCH3 is 1. The predicted molar refractivity (Wildman–Crippen MR) is 214 cm³/mol. The van der Waals surface area contributed by atoms with Gasteiger partial charge in [0.15, 0.2) is 12.1 Å². The van der Waals surface area contributed by atoms with Gasteiger partial charge in [-0.3, -0.25) is 9.69 Å². The maximum Gasteiger partial charge on any atom is 0.280 e. The van der Waals surface area contributed by atoms with Gasteiger partial charge in [0.25, 0.3) is 5.91 Å². The summed E-state index contributed by atoms with van der Waals surface area (Å²) in [6.07, 6.45) is 2.74. The highest BCUT2D eigenvalue weighted by Crippen LogP contribution is 2.39. The van der Waals surface area contributed by atoms with E-state index in [1.807, 2.05) is 59.2 Å². The van der Waals surface area contributed by atoms with Crippen LogP contribution in [-0.2, 0) is 29.2 Å². The zero-order valence-corrected chi connectivity index (χ0v) is 32.7. The number of benzene rings is 3. The second kappa shape index (κ2) is 16.5. The molecule has 2 aliphatic heterocycles. The molecule has 14 nitrogen and oxygen atoms in total. The number of likely N-dealkylation sites (N-methyl/N-ethyl adjacent to an activating group) is 1. The Kier molecular flexibility index (Phi) is 11.0. The first kappa shape index (κ1) is 38.2. The van der Waals surface area contributed by atoms with E-state index in [4.69, 9.17) is 24.0 Å². The molecular formula is C43H48N8O6. The van der Waals surface area contributed by atoms with Crippen LogP contribution in [0.2, 0.25) is 0 Å². The number of piperazine rings is 1. The topological polar surface area (TPSA) is 144 Å². The van der Waals surface area contributed by atoms with Crippen LogP contribution in [0.1, 0.15) is 47.2 Å². The molecule has 1 amide bonds. The minimum atomic E-state index is -1.06. The molecule has 2 fully saturated rings. The van der Waals surface area contributed by atoms with Gasteiger partial charge in [-0.1, -0.05) is 30.3 Å². The van der Waals surface area contributed by atoms with E-state index in [1.54, 1.807) is 50.2 Å². The first-order valence-electron chi connectivity index (χ1n) is 19.2. The van der Waals surface area contributed by atoms with Gasteiger partial charge < -0.3 is 38.5 Å². The van der Waals surface area contributed by atoms with Crippen LogP contribution >= 0.6 is 0 Å². The number of nitrogens with zero attached hydrogens (tertiary/aromatic N) is 7. The summed E-state index contributed by atoms with van der Waals surface area (Å²) in [6.45, 7) is 9.92. The second-order valence-corrected chi connectivity index (χ2v) is 15.2. The number of rotatable bonds is 12. The number of aromatic amines is 1. The van der Waals surface area contributed by atoms with Gasteiger partial charge in [-0.15, -0.1) is 0 Å². The second-order valence-electron chi connectivity index (χ2n) is 15.2. The Balaban J connectivity index is 1.06. The molecule has 5 heterocycles. The van der Waals surface area contributed by atoms with E-state index in [9.17, 15) is 9.90 Å². The smallest absolute Gasteiger partial charge is 0.280 e. The molecule has 8 rings (SSSR count). The quantitative estimate of drug-likeness (QED) is 0.172. The largest absolute Gasteiger partial charge is 0.497 e. The fourth-order valence-corrected chi connectivity index (χ4v) is 7.18. The minimum absolute atomic E-state index is 0.237. The number of amides is 1. The van der Waals surface area contributed by atoms with E-state index < -0.39 is 17.8 Å². The van der Waals surface area contributed by atoms with Gasteiger partial charge in [-0.2, -0.15) is 10.1 Å². The number of aromatic nitrogens is 5. The Morgan fingerprint density at radius 2 is 1.75 bits per heavy atom. The minimum Gasteiger partial charge on any atom is -0.497 e.